The summed E-state index contributed by atoms with van der Waals surface area (Å²) in [5.74, 6) is -3.11. The van der Waals surface area contributed by atoms with Gasteiger partial charge in [-0.2, -0.15) is 28.7 Å². The summed E-state index contributed by atoms with van der Waals surface area (Å²) in [7, 11) is 0. The summed E-state index contributed by atoms with van der Waals surface area (Å²) < 4.78 is 68.6. The van der Waals surface area contributed by atoms with Gasteiger partial charge < -0.3 is 10.3 Å². The van der Waals surface area contributed by atoms with Gasteiger partial charge in [-0.05, 0) is 30.3 Å². The molecule has 0 saturated heterocycles. The number of nitriles is 2. The van der Waals surface area contributed by atoms with Crippen LogP contribution in [0.3, 0.4) is 0 Å². The van der Waals surface area contributed by atoms with E-state index in [1.807, 2.05) is 12.1 Å². The summed E-state index contributed by atoms with van der Waals surface area (Å²) >= 11 is 0. The molecular formula is C21H10F5N7. The van der Waals surface area contributed by atoms with Gasteiger partial charge in [0.2, 0.25) is 5.95 Å². The molecule has 2 N–H and O–H groups in total. The molecule has 0 saturated carbocycles. The third kappa shape index (κ3) is 4.02. The van der Waals surface area contributed by atoms with E-state index in [1.165, 1.54) is 29.1 Å². The molecule has 2 aromatic carbocycles. The van der Waals surface area contributed by atoms with Gasteiger partial charge in [-0.1, -0.05) is 0 Å². The molecule has 0 spiro atoms. The van der Waals surface area contributed by atoms with Crippen molar-refractivity contribution in [2.75, 3.05) is 5.73 Å². The highest BCUT2D eigenvalue weighted by molar-refractivity contribution is 5.89. The molecule has 0 aliphatic carbocycles. The lowest BCUT2D eigenvalue weighted by atomic mass is 10.0. The Morgan fingerprint density at radius 3 is 2.24 bits per heavy atom. The summed E-state index contributed by atoms with van der Waals surface area (Å²) in [5, 5.41) is 18.4. The van der Waals surface area contributed by atoms with Crippen molar-refractivity contribution >= 4 is 17.1 Å². The fourth-order valence-electron chi connectivity index (χ4n) is 3.32. The van der Waals surface area contributed by atoms with E-state index in [4.69, 9.17) is 5.73 Å². The van der Waals surface area contributed by atoms with E-state index < -0.39 is 35.5 Å². The Morgan fingerprint density at radius 1 is 0.970 bits per heavy atom. The maximum Gasteiger partial charge on any atom is 0.419 e. The molecule has 4 aromatic rings. The number of rotatable bonds is 3. The fraction of sp³-hybridized carbons (Fsp3) is 0.0952. The molecule has 7 nitrogen and oxygen atoms in total. The molecule has 0 unspecified atom stereocenters. The lowest BCUT2D eigenvalue weighted by Crippen LogP contribution is -2.13. The number of fused-ring (bicyclic) bond motifs is 1. The molecule has 0 fully saturated rings. The molecule has 0 atom stereocenters. The molecule has 0 aliphatic rings. The fourth-order valence-corrected chi connectivity index (χ4v) is 3.32. The smallest absolute Gasteiger partial charge is 0.368 e. The number of halogens is 5. The maximum atomic E-state index is 14.5. The van der Waals surface area contributed by atoms with Gasteiger partial charge in [-0.15, -0.1) is 0 Å². The van der Waals surface area contributed by atoms with E-state index in [-0.39, 0.29) is 40.0 Å². The van der Waals surface area contributed by atoms with Gasteiger partial charge in [0.1, 0.15) is 22.8 Å². The minimum atomic E-state index is -5.08. The first-order valence-electron chi connectivity index (χ1n) is 9.10. The first-order valence-corrected chi connectivity index (χ1v) is 9.10. The predicted octanol–water partition coefficient (Wildman–Crippen LogP) is 4.16. The summed E-state index contributed by atoms with van der Waals surface area (Å²) in [5.41, 5.74) is 4.49. The van der Waals surface area contributed by atoms with Crippen molar-refractivity contribution in [3.8, 4) is 23.4 Å². The Labute approximate surface area is 182 Å². The number of benzene rings is 2. The number of imidazole rings is 1. The number of nitrogens with zero attached hydrogens (tertiary/aromatic N) is 6. The number of alkyl halides is 3. The minimum absolute atomic E-state index is 0.0376. The van der Waals surface area contributed by atoms with Crippen molar-refractivity contribution in [1.82, 2.24) is 19.5 Å². The van der Waals surface area contributed by atoms with Gasteiger partial charge in [0.15, 0.2) is 5.65 Å². The molecule has 2 aromatic heterocycles. The summed E-state index contributed by atoms with van der Waals surface area (Å²) in [6, 6.07) is 8.84. The van der Waals surface area contributed by atoms with Crippen LogP contribution in [0.4, 0.5) is 27.9 Å². The summed E-state index contributed by atoms with van der Waals surface area (Å²) in [6.45, 7) is -0.527. The first kappa shape index (κ1) is 21.6. The highest BCUT2D eigenvalue weighted by Gasteiger charge is 2.36. The molecule has 33 heavy (non-hydrogen) atoms. The summed E-state index contributed by atoms with van der Waals surface area (Å²) in [6.07, 6.45) is -3.92. The van der Waals surface area contributed by atoms with E-state index in [1.54, 1.807) is 0 Å². The van der Waals surface area contributed by atoms with Gasteiger partial charge in [-0.25, -0.2) is 18.7 Å². The topological polar surface area (TPSA) is 117 Å². The highest BCUT2D eigenvalue weighted by atomic mass is 19.4. The van der Waals surface area contributed by atoms with E-state index in [0.717, 1.165) is 0 Å². The lowest BCUT2D eigenvalue weighted by Gasteiger charge is -2.12. The molecular weight excluding hydrogens is 445 g/mol. The Balaban J connectivity index is 1.87. The normalized spacial score (nSPS) is 11.4. The Morgan fingerprint density at radius 2 is 1.64 bits per heavy atom. The van der Waals surface area contributed by atoms with Crippen LogP contribution >= 0.6 is 0 Å². The van der Waals surface area contributed by atoms with Gasteiger partial charge in [0.25, 0.3) is 0 Å². The van der Waals surface area contributed by atoms with Gasteiger partial charge in [-0.3, -0.25) is 0 Å². The number of nitrogen functional groups attached to an aromatic ring is 1. The highest BCUT2D eigenvalue weighted by Crippen LogP contribution is 2.34. The minimum Gasteiger partial charge on any atom is -0.368 e. The van der Waals surface area contributed by atoms with Gasteiger partial charge in [0.05, 0.1) is 41.7 Å². The standard InChI is InChI=1S/C21H10F5N7/c22-14-4-13(16(23)15(5-14)21(24,25)26)8-33-9-30-18-17(31-20(29)32-19(18)33)12-2-10(6-27)1-11(3-12)7-28/h1-5,9H,8H2,(H2,29,31,32). The number of anilines is 1. The quantitative estimate of drug-likeness (QED) is 0.464. The second-order valence-electron chi connectivity index (χ2n) is 6.92. The third-order valence-corrected chi connectivity index (χ3v) is 4.70. The van der Waals surface area contributed by atoms with Crippen LogP contribution < -0.4 is 5.73 Å². The Hall–Kier alpha value is -4.58. The van der Waals surface area contributed by atoms with E-state index >= 15 is 0 Å². The van der Waals surface area contributed by atoms with Crippen molar-refractivity contribution in [1.29, 1.82) is 10.5 Å². The molecule has 0 amide bonds. The summed E-state index contributed by atoms with van der Waals surface area (Å²) in [4.78, 5) is 12.3. The van der Waals surface area contributed by atoms with Crippen LogP contribution in [0.2, 0.25) is 0 Å². The van der Waals surface area contributed by atoms with Crippen LogP contribution in [0.1, 0.15) is 22.3 Å². The van der Waals surface area contributed by atoms with Crippen molar-refractivity contribution in [2.45, 2.75) is 12.7 Å². The van der Waals surface area contributed by atoms with Crippen LogP contribution in [0, 0.1) is 34.3 Å². The Kier molecular flexibility index (Phi) is 5.14. The first-order chi connectivity index (χ1) is 15.6. The molecule has 0 aliphatic heterocycles. The maximum absolute atomic E-state index is 14.5. The molecule has 0 radical (unpaired) electrons. The van der Waals surface area contributed by atoms with Crippen LogP contribution in [-0.4, -0.2) is 19.5 Å². The van der Waals surface area contributed by atoms with Gasteiger partial charge in [0, 0.05) is 11.1 Å². The van der Waals surface area contributed by atoms with Crippen LogP contribution in [0.25, 0.3) is 22.4 Å². The van der Waals surface area contributed by atoms with Crippen LogP contribution in [0.15, 0.2) is 36.7 Å². The SMILES string of the molecule is N#Cc1cc(C#N)cc(-c2nc(N)nc3c2ncn3Cc2cc(F)cc(C(F)(F)F)c2F)c1. The van der Waals surface area contributed by atoms with Crippen molar-refractivity contribution in [3.05, 3.63) is 70.5 Å². The van der Waals surface area contributed by atoms with E-state index in [0.29, 0.717) is 11.6 Å². The monoisotopic (exact) mass is 455 g/mol. The van der Waals surface area contributed by atoms with E-state index in [2.05, 4.69) is 15.0 Å². The van der Waals surface area contributed by atoms with E-state index in [9.17, 15) is 32.5 Å². The van der Waals surface area contributed by atoms with Crippen LogP contribution in [-0.2, 0) is 12.7 Å². The van der Waals surface area contributed by atoms with Crippen molar-refractivity contribution in [3.63, 3.8) is 0 Å². The van der Waals surface area contributed by atoms with Gasteiger partial charge >= 0.3 is 6.18 Å². The lowest BCUT2D eigenvalue weighted by molar-refractivity contribution is -0.140. The molecule has 2 heterocycles. The van der Waals surface area contributed by atoms with Crippen molar-refractivity contribution in [2.24, 2.45) is 0 Å². The molecule has 4 rings (SSSR count). The number of nitrogens with two attached hydrogens (primary N) is 1. The second kappa shape index (κ2) is 7.84. The zero-order valence-corrected chi connectivity index (χ0v) is 16.3. The molecule has 164 valence electrons. The largest absolute Gasteiger partial charge is 0.419 e. The predicted molar refractivity (Wildman–Crippen MR) is 105 cm³/mol. The molecule has 12 heteroatoms. The second-order valence-corrected chi connectivity index (χ2v) is 6.92. The Bertz CT molecular complexity index is 1460. The zero-order valence-electron chi connectivity index (χ0n) is 16.3. The number of hydrogen-bond acceptors (Lipinski definition) is 6. The molecule has 0 bridgehead atoms. The average Bonchev–Trinajstić information content (AvgIpc) is 3.16. The number of aromatic nitrogens is 4. The number of hydrogen-bond donors (Lipinski definition) is 1. The third-order valence-electron chi connectivity index (χ3n) is 4.70. The van der Waals surface area contributed by atoms with Crippen LogP contribution in [0.5, 0.6) is 0 Å². The zero-order chi connectivity index (χ0) is 23.9. The average molecular weight is 455 g/mol. The van der Waals surface area contributed by atoms with Crippen molar-refractivity contribution < 1.29 is 22.0 Å².